The highest BCUT2D eigenvalue weighted by atomic mass is 32.2. The standard InChI is InChI=1S/C19H20N2O2S2/c1-13-10-14(2)12-18(11-13)20-16-5-7-17(8-6-16)21-25(22,23)19-9-4-15(3)24-19/h4-12,20-21H,1-3H3. The number of sulfonamides is 1. The highest BCUT2D eigenvalue weighted by Crippen LogP contribution is 2.25. The lowest BCUT2D eigenvalue weighted by Crippen LogP contribution is -2.11. The first kappa shape index (κ1) is 17.5. The van der Waals surface area contributed by atoms with E-state index in [0.29, 0.717) is 9.90 Å². The van der Waals surface area contributed by atoms with Crippen LogP contribution >= 0.6 is 11.3 Å². The van der Waals surface area contributed by atoms with Gasteiger partial charge in [-0.3, -0.25) is 4.72 Å². The number of nitrogens with one attached hydrogen (secondary N) is 2. The van der Waals surface area contributed by atoms with Crippen LogP contribution in [0.1, 0.15) is 16.0 Å². The molecule has 0 aliphatic carbocycles. The summed E-state index contributed by atoms with van der Waals surface area (Å²) in [6, 6.07) is 16.9. The van der Waals surface area contributed by atoms with Gasteiger partial charge >= 0.3 is 0 Å². The Hall–Kier alpha value is -2.31. The molecule has 2 N–H and O–H groups in total. The zero-order chi connectivity index (χ0) is 18.0. The Kier molecular flexibility index (Phi) is 4.83. The Labute approximate surface area is 152 Å². The maximum absolute atomic E-state index is 12.3. The molecule has 0 bridgehead atoms. The first-order valence-corrected chi connectivity index (χ1v) is 10.2. The van der Waals surface area contributed by atoms with Crippen LogP contribution in [0, 0.1) is 20.8 Å². The molecule has 0 spiro atoms. The van der Waals surface area contributed by atoms with Crippen molar-refractivity contribution in [3.05, 3.63) is 70.6 Å². The van der Waals surface area contributed by atoms with Crippen molar-refractivity contribution in [1.82, 2.24) is 0 Å². The maximum Gasteiger partial charge on any atom is 0.271 e. The Morgan fingerprint density at radius 1 is 0.760 bits per heavy atom. The summed E-state index contributed by atoms with van der Waals surface area (Å²) in [4.78, 5) is 0.966. The second-order valence-corrected chi connectivity index (χ2v) is 9.25. The van der Waals surface area contributed by atoms with Gasteiger partial charge in [0.05, 0.1) is 0 Å². The quantitative estimate of drug-likeness (QED) is 0.646. The van der Waals surface area contributed by atoms with E-state index in [-0.39, 0.29) is 0 Å². The zero-order valence-corrected chi connectivity index (χ0v) is 16.0. The lowest BCUT2D eigenvalue weighted by molar-refractivity contribution is 0.603. The average molecular weight is 373 g/mol. The van der Waals surface area contributed by atoms with Crippen molar-refractivity contribution in [2.45, 2.75) is 25.0 Å². The van der Waals surface area contributed by atoms with E-state index in [1.54, 1.807) is 24.3 Å². The molecule has 4 nitrogen and oxygen atoms in total. The summed E-state index contributed by atoms with van der Waals surface area (Å²) in [5, 5.41) is 3.34. The second kappa shape index (κ2) is 6.90. The van der Waals surface area contributed by atoms with E-state index in [0.717, 1.165) is 16.3 Å². The summed E-state index contributed by atoms with van der Waals surface area (Å²) < 4.78 is 27.6. The van der Waals surface area contributed by atoms with Crippen molar-refractivity contribution in [3.8, 4) is 0 Å². The van der Waals surface area contributed by atoms with Crippen LogP contribution in [0.25, 0.3) is 0 Å². The lowest BCUT2D eigenvalue weighted by Gasteiger charge is -2.10. The average Bonchev–Trinajstić information content (AvgIpc) is 2.95. The highest BCUT2D eigenvalue weighted by molar-refractivity contribution is 7.94. The van der Waals surface area contributed by atoms with Crippen molar-refractivity contribution >= 4 is 38.4 Å². The Bertz CT molecular complexity index is 970. The van der Waals surface area contributed by atoms with Crippen LogP contribution in [0.2, 0.25) is 0 Å². The lowest BCUT2D eigenvalue weighted by atomic mass is 10.1. The predicted molar refractivity (Wildman–Crippen MR) is 106 cm³/mol. The van der Waals surface area contributed by atoms with E-state index in [9.17, 15) is 8.42 Å². The first-order chi connectivity index (χ1) is 11.8. The van der Waals surface area contributed by atoms with Crippen LogP contribution in [0.5, 0.6) is 0 Å². The van der Waals surface area contributed by atoms with Gasteiger partial charge in [-0.25, -0.2) is 8.42 Å². The third-order valence-corrected chi connectivity index (χ3v) is 6.50. The summed E-state index contributed by atoms with van der Waals surface area (Å²) in [7, 11) is -3.53. The molecule has 6 heteroatoms. The largest absolute Gasteiger partial charge is 0.356 e. The van der Waals surface area contributed by atoms with E-state index in [1.807, 2.05) is 19.1 Å². The molecule has 3 rings (SSSR count). The second-order valence-electron chi connectivity index (χ2n) is 6.05. The Balaban J connectivity index is 1.74. The Morgan fingerprint density at radius 3 is 1.92 bits per heavy atom. The molecule has 0 saturated carbocycles. The minimum Gasteiger partial charge on any atom is -0.356 e. The van der Waals surface area contributed by atoms with Gasteiger partial charge in [-0.1, -0.05) is 6.07 Å². The smallest absolute Gasteiger partial charge is 0.271 e. The summed E-state index contributed by atoms with van der Waals surface area (Å²) in [5.74, 6) is 0. The van der Waals surface area contributed by atoms with Gasteiger partial charge in [0.25, 0.3) is 10.0 Å². The van der Waals surface area contributed by atoms with Crippen molar-refractivity contribution in [2.75, 3.05) is 10.0 Å². The summed E-state index contributed by atoms with van der Waals surface area (Å²) in [5.41, 5.74) is 4.84. The molecule has 130 valence electrons. The zero-order valence-electron chi connectivity index (χ0n) is 14.3. The topological polar surface area (TPSA) is 58.2 Å². The number of thiophene rings is 1. The molecule has 0 aliphatic rings. The minimum absolute atomic E-state index is 0.322. The van der Waals surface area contributed by atoms with Gasteiger partial charge in [0.15, 0.2) is 0 Å². The number of benzene rings is 2. The maximum atomic E-state index is 12.3. The van der Waals surface area contributed by atoms with E-state index < -0.39 is 10.0 Å². The number of hydrogen-bond donors (Lipinski definition) is 2. The molecular weight excluding hydrogens is 352 g/mol. The van der Waals surface area contributed by atoms with Gasteiger partial charge < -0.3 is 5.32 Å². The van der Waals surface area contributed by atoms with E-state index in [2.05, 4.69) is 42.1 Å². The fourth-order valence-electron chi connectivity index (χ4n) is 2.60. The normalized spacial score (nSPS) is 11.3. The van der Waals surface area contributed by atoms with Crippen LogP contribution in [0.4, 0.5) is 17.1 Å². The molecular formula is C19H20N2O2S2. The van der Waals surface area contributed by atoms with Crippen LogP contribution in [0.3, 0.4) is 0 Å². The molecule has 1 aromatic heterocycles. The van der Waals surface area contributed by atoms with Gasteiger partial charge in [-0.2, -0.15) is 0 Å². The number of hydrogen-bond acceptors (Lipinski definition) is 4. The van der Waals surface area contributed by atoms with Crippen molar-refractivity contribution in [3.63, 3.8) is 0 Å². The molecule has 3 aromatic rings. The van der Waals surface area contributed by atoms with Crippen molar-refractivity contribution in [2.24, 2.45) is 0 Å². The molecule has 0 aliphatic heterocycles. The molecule has 0 atom stereocenters. The Morgan fingerprint density at radius 2 is 1.36 bits per heavy atom. The van der Waals surface area contributed by atoms with Crippen LogP contribution < -0.4 is 10.0 Å². The molecule has 2 aromatic carbocycles. The van der Waals surface area contributed by atoms with Gasteiger partial charge in [-0.05, 0) is 80.4 Å². The third-order valence-electron chi connectivity index (χ3n) is 3.63. The SMILES string of the molecule is Cc1cc(C)cc(Nc2ccc(NS(=O)(=O)c3ccc(C)s3)cc2)c1. The van der Waals surface area contributed by atoms with Crippen LogP contribution in [-0.4, -0.2) is 8.42 Å². The molecule has 0 amide bonds. The van der Waals surface area contributed by atoms with Gasteiger partial charge in [0, 0.05) is 21.9 Å². The van der Waals surface area contributed by atoms with E-state index in [1.165, 1.54) is 22.5 Å². The molecule has 25 heavy (non-hydrogen) atoms. The number of anilines is 3. The first-order valence-electron chi connectivity index (χ1n) is 7.86. The number of aryl methyl sites for hydroxylation is 3. The van der Waals surface area contributed by atoms with E-state index in [4.69, 9.17) is 0 Å². The fourth-order valence-corrected chi connectivity index (χ4v) is 4.94. The minimum atomic E-state index is -3.53. The number of rotatable bonds is 5. The molecule has 0 fully saturated rings. The molecule has 0 saturated heterocycles. The van der Waals surface area contributed by atoms with Gasteiger partial charge in [-0.15, -0.1) is 11.3 Å². The predicted octanol–water partition coefficient (Wildman–Crippen LogP) is 5.22. The highest BCUT2D eigenvalue weighted by Gasteiger charge is 2.16. The molecule has 0 radical (unpaired) electrons. The van der Waals surface area contributed by atoms with Crippen molar-refractivity contribution in [1.29, 1.82) is 0 Å². The van der Waals surface area contributed by atoms with Crippen LogP contribution in [-0.2, 0) is 10.0 Å². The van der Waals surface area contributed by atoms with Gasteiger partial charge in [0.2, 0.25) is 0 Å². The summed E-state index contributed by atoms with van der Waals surface area (Å²) in [6.07, 6.45) is 0. The van der Waals surface area contributed by atoms with Gasteiger partial charge in [0.1, 0.15) is 4.21 Å². The summed E-state index contributed by atoms with van der Waals surface area (Å²) in [6.45, 7) is 6.00. The monoisotopic (exact) mass is 372 g/mol. The van der Waals surface area contributed by atoms with Crippen LogP contribution in [0.15, 0.2) is 58.8 Å². The third kappa shape index (κ3) is 4.41. The fraction of sp³-hybridized carbons (Fsp3) is 0.158. The van der Waals surface area contributed by atoms with E-state index >= 15 is 0 Å². The molecule has 1 heterocycles. The molecule has 0 unspecified atom stereocenters. The summed E-state index contributed by atoms with van der Waals surface area (Å²) >= 11 is 1.26. The van der Waals surface area contributed by atoms with Crippen molar-refractivity contribution < 1.29 is 8.42 Å².